The minimum atomic E-state index is -1.27. The third kappa shape index (κ3) is 3.59. The summed E-state index contributed by atoms with van der Waals surface area (Å²) in [6.45, 7) is 2.97. The van der Waals surface area contributed by atoms with Gasteiger partial charge in [0.15, 0.2) is 0 Å². The van der Waals surface area contributed by atoms with Gasteiger partial charge in [-0.2, -0.15) is 0 Å². The van der Waals surface area contributed by atoms with Crippen LogP contribution in [-0.4, -0.2) is 24.8 Å². The second-order valence-electron chi connectivity index (χ2n) is 6.20. The Balaban J connectivity index is 1.90. The van der Waals surface area contributed by atoms with Crippen molar-refractivity contribution >= 4 is 18.0 Å². The average molecular weight is 356 g/mol. The molecule has 0 spiro atoms. The van der Waals surface area contributed by atoms with Gasteiger partial charge in [-0.05, 0) is 35.4 Å². The number of benzene rings is 2. The van der Waals surface area contributed by atoms with E-state index in [1.165, 1.54) is 39.2 Å². The van der Waals surface area contributed by atoms with E-state index >= 15 is 0 Å². The molecule has 1 fully saturated rings. The summed E-state index contributed by atoms with van der Waals surface area (Å²) in [6.07, 6.45) is 1.40. The molecule has 134 valence electrons. The number of hydrogen-bond donors (Lipinski definition) is 0. The Bertz CT molecular complexity index is 875. The van der Waals surface area contributed by atoms with Crippen LogP contribution >= 0.6 is 0 Å². The van der Waals surface area contributed by atoms with Crippen molar-refractivity contribution in [3.8, 4) is 16.9 Å². The van der Waals surface area contributed by atoms with Gasteiger partial charge in [-0.25, -0.2) is 14.0 Å². The Morgan fingerprint density at radius 2 is 1.62 bits per heavy atom. The molecule has 0 radical (unpaired) electrons. The highest BCUT2D eigenvalue weighted by molar-refractivity contribution is 6.18. The molecule has 0 saturated carbocycles. The van der Waals surface area contributed by atoms with Gasteiger partial charge in [0.05, 0.1) is 7.11 Å². The third-order valence-corrected chi connectivity index (χ3v) is 3.81. The Morgan fingerprint density at radius 1 is 1.00 bits per heavy atom. The quantitative estimate of drug-likeness (QED) is 0.476. The van der Waals surface area contributed by atoms with Crippen molar-refractivity contribution in [3.63, 3.8) is 0 Å². The van der Waals surface area contributed by atoms with Gasteiger partial charge in [-0.15, -0.1) is 0 Å². The van der Waals surface area contributed by atoms with Gasteiger partial charge in [0.1, 0.15) is 17.1 Å². The van der Waals surface area contributed by atoms with Crippen LogP contribution in [-0.2, 0) is 19.1 Å². The fourth-order valence-electron chi connectivity index (χ4n) is 2.61. The molecule has 3 rings (SSSR count). The van der Waals surface area contributed by atoms with Crippen LogP contribution in [0.15, 0.2) is 48.0 Å². The molecular weight excluding hydrogens is 339 g/mol. The molecule has 2 aromatic carbocycles. The summed E-state index contributed by atoms with van der Waals surface area (Å²) in [5.41, 5.74) is 1.76. The standard InChI is InChI=1S/C20H17FO5/c1-20(2)25-18(22)16(19(23)26-20)10-12-4-6-13(7-5-12)15-11-14(21)8-9-17(15)24-3/h4-11H,1-3H3. The largest absolute Gasteiger partial charge is 0.496 e. The molecule has 0 N–H and O–H groups in total. The Kier molecular flexibility index (Phi) is 4.50. The minimum Gasteiger partial charge on any atom is -0.496 e. The van der Waals surface area contributed by atoms with Crippen molar-refractivity contribution in [2.45, 2.75) is 19.6 Å². The second kappa shape index (κ2) is 6.63. The highest BCUT2D eigenvalue weighted by atomic mass is 19.1. The second-order valence-corrected chi connectivity index (χ2v) is 6.20. The number of carbonyl (C=O) groups is 2. The van der Waals surface area contributed by atoms with Crippen LogP contribution in [0.2, 0.25) is 0 Å². The van der Waals surface area contributed by atoms with E-state index in [1.54, 1.807) is 30.3 Å². The van der Waals surface area contributed by atoms with Crippen molar-refractivity contribution in [2.75, 3.05) is 7.11 Å². The van der Waals surface area contributed by atoms with Gasteiger partial charge in [0.25, 0.3) is 5.79 Å². The smallest absolute Gasteiger partial charge is 0.348 e. The first-order valence-electron chi connectivity index (χ1n) is 7.91. The molecule has 26 heavy (non-hydrogen) atoms. The van der Waals surface area contributed by atoms with Crippen LogP contribution in [0.25, 0.3) is 17.2 Å². The number of rotatable bonds is 3. The molecule has 1 aliphatic heterocycles. The summed E-state index contributed by atoms with van der Waals surface area (Å²) in [4.78, 5) is 24.0. The topological polar surface area (TPSA) is 61.8 Å². The Labute approximate surface area is 150 Å². The lowest BCUT2D eigenvalue weighted by atomic mass is 10.0. The minimum absolute atomic E-state index is 0.180. The molecule has 1 heterocycles. The zero-order chi connectivity index (χ0) is 18.9. The van der Waals surface area contributed by atoms with Gasteiger partial charge in [0, 0.05) is 19.4 Å². The lowest BCUT2D eigenvalue weighted by molar-refractivity contribution is -0.222. The van der Waals surface area contributed by atoms with Gasteiger partial charge in [0.2, 0.25) is 0 Å². The van der Waals surface area contributed by atoms with E-state index in [-0.39, 0.29) is 11.4 Å². The molecule has 2 aromatic rings. The zero-order valence-electron chi connectivity index (χ0n) is 14.5. The third-order valence-electron chi connectivity index (χ3n) is 3.81. The van der Waals surface area contributed by atoms with E-state index in [0.29, 0.717) is 16.9 Å². The van der Waals surface area contributed by atoms with Crippen molar-refractivity contribution in [1.82, 2.24) is 0 Å². The predicted octanol–water partition coefficient (Wildman–Crippen LogP) is 3.72. The van der Waals surface area contributed by atoms with E-state index in [9.17, 15) is 14.0 Å². The van der Waals surface area contributed by atoms with Crippen molar-refractivity contribution in [3.05, 3.63) is 59.4 Å². The summed E-state index contributed by atoms with van der Waals surface area (Å²) in [7, 11) is 1.51. The molecule has 6 heteroatoms. The SMILES string of the molecule is COc1ccc(F)cc1-c1ccc(C=C2C(=O)OC(C)(C)OC2=O)cc1. The molecule has 0 amide bonds. The molecule has 0 bridgehead atoms. The Morgan fingerprint density at radius 3 is 2.19 bits per heavy atom. The molecular formula is C20H17FO5. The van der Waals surface area contributed by atoms with E-state index in [1.807, 2.05) is 0 Å². The molecule has 1 aliphatic rings. The summed E-state index contributed by atoms with van der Waals surface area (Å²) >= 11 is 0. The molecule has 0 aliphatic carbocycles. The maximum atomic E-state index is 13.5. The van der Waals surface area contributed by atoms with E-state index in [2.05, 4.69) is 0 Å². The Hall–Kier alpha value is -3.15. The molecule has 1 saturated heterocycles. The number of esters is 2. The van der Waals surface area contributed by atoms with Crippen LogP contribution in [0.4, 0.5) is 4.39 Å². The number of methoxy groups -OCH3 is 1. The zero-order valence-corrected chi connectivity index (χ0v) is 14.5. The van der Waals surface area contributed by atoms with Gasteiger partial charge >= 0.3 is 11.9 Å². The van der Waals surface area contributed by atoms with Gasteiger partial charge in [-0.1, -0.05) is 24.3 Å². The maximum absolute atomic E-state index is 13.5. The summed E-state index contributed by atoms with van der Waals surface area (Å²) in [5, 5.41) is 0. The first-order chi connectivity index (χ1) is 12.3. The van der Waals surface area contributed by atoms with Gasteiger partial charge < -0.3 is 14.2 Å². The van der Waals surface area contributed by atoms with Crippen LogP contribution in [0, 0.1) is 5.82 Å². The lowest BCUT2D eigenvalue weighted by Crippen LogP contribution is -2.41. The van der Waals surface area contributed by atoms with Crippen LogP contribution in [0.1, 0.15) is 19.4 Å². The summed E-state index contributed by atoms with van der Waals surface area (Å²) in [5.74, 6) is -2.57. The number of cyclic esters (lactones) is 2. The number of halogens is 1. The van der Waals surface area contributed by atoms with Crippen molar-refractivity contribution in [1.29, 1.82) is 0 Å². The normalized spacial score (nSPS) is 15.9. The van der Waals surface area contributed by atoms with E-state index in [0.717, 1.165) is 5.56 Å². The summed E-state index contributed by atoms with van der Waals surface area (Å²) in [6, 6.07) is 11.1. The highest BCUT2D eigenvalue weighted by Gasteiger charge is 2.38. The van der Waals surface area contributed by atoms with Crippen molar-refractivity contribution < 1.29 is 28.2 Å². The first-order valence-corrected chi connectivity index (χ1v) is 7.91. The monoisotopic (exact) mass is 356 g/mol. The number of hydrogen-bond acceptors (Lipinski definition) is 5. The molecule has 0 aromatic heterocycles. The van der Waals surface area contributed by atoms with Crippen LogP contribution in [0.5, 0.6) is 5.75 Å². The van der Waals surface area contributed by atoms with E-state index in [4.69, 9.17) is 14.2 Å². The van der Waals surface area contributed by atoms with E-state index < -0.39 is 17.7 Å². The van der Waals surface area contributed by atoms with Crippen LogP contribution in [0.3, 0.4) is 0 Å². The number of ether oxygens (including phenoxy) is 3. The molecule has 0 atom stereocenters. The predicted molar refractivity (Wildman–Crippen MR) is 92.6 cm³/mol. The first kappa shape index (κ1) is 17.7. The fourth-order valence-corrected chi connectivity index (χ4v) is 2.61. The fraction of sp³-hybridized carbons (Fsp3) is 0.200. The van der Waals surface area contributed by atoms with Crippen LogP contribution < -0.4 is 4.74 Å². The molecule has 5 nitrogen and oxygen atoms in total. The van der Waals surface area contributed by atoms with Crippen molar-refractivity contribution in [2.24, 2.45) is 0 Å². The van der Waals surface area contributed by atoms with Gasteiger partial charge in [-0.3, -0.25) is 0 Å². The lowest BCUT2D eigenvalue weighted by Gasteiger charge is -2.29. The summed E-state index contributed by atoms with van der Waals surface area (Å²) < 4.78 is 28.9. The molecule has 0 unspecified atom stereocenters. The maximum Gasteiger partial charge on any atom is 0.348 e. The number of carbonyl (C=O) groups excluding carboxylic acids is 2. The average Bonchev–Trinajstić information content (AvgIpc) is 2.58. The highest BCUT2D eigenvalue weighted by Crippen LogP contribution is 2.31.